The van der Waals surface area contributed by atoms with Crippen molar-refractivity contribution in [2.24, 2.45) is 0 Å². The fourth-order valence-electron chi connectivity index (χ4n) is 8.71. The largest absolute Gasteiger partial charge is 0.308 e. The summed E-state index contributed by atoms with van der Waals surface area (Å²) in [6, 6.07) is 60.4. The molecule has 0 unspecified atom stereocenters. The molecule has 0 radical (unpaired) electrons. The normalized spacial score (nSPS) is 11.2. The standard InChI is InChI=1S/C52H32N6/c1-32-23-38(24-33(2)56-32)39-27-51(57-47-17-9-7-15-42(47)44-21-19-34(25-49(44)57)40-13-5-3-11-36(40)29-53)46(31-55)52(28-39)58-48-18-10-8-16-43(48)45-22-20-35(26-50(45)58)41-14-6-4-12-37(41)30-54/h3-28H,1-2H3. The van der Waals surface area contributed by atoms with Crippen molar-refractivity contribution in [3.05, 3.63) is 186 Å². The number of aryl methyl sites for hydroxylation is 2. The smallest absolute Gasteiger partial charge is 0.104 e. The van der Waals surface area contributed by atoms with E-state index in [0.29, 0.717) is 16.7 Å². The van der Waals surface area contributed by atoms with Crippen LogP contribution in [-0.2, 0) is 0 Å². The SMILES string of the molecule is Cc1cc(-c2cc(-n3c4ccccc4c4ccc(-c5ccccc5C#N)cc43)c(C#N)c(-n3c4ccccc4c4ccc(-c5ccccc5C#N)cc43)c2)cc(C)n1. The van der Waals surface area contributed by atoms with Gasteiger partial charge in [-0.3, -0.25) is 4.98 Å². The van der Waals surface area contributed by atoms with Crippen molar-refractivity contribution >= 4 is 43.6 Å². The zero-order valence-corrected chi connectivity index (χ0v) is 31.7. The molecule has 3 heterocycles. The molecule has 10 rings (SSSR count). The molecule has 0 spiro atoms. The lowest BCUT2D eigenvalue weighted by Crippen LogP contribution is -2.05. The summed E-state index contributed by atoms with van der Waals surface area (Å²) in [6.07, 6.45) is 0. The van der Waals surface area contributed by atoms with Crippen LogP contribution in [0.5, 0.6) is 0 Å². The van der Waals surface area contributed by atoms with Crippen LogP contribution in [0, 0.1) is 47.8 Å². The van der Waals surface area contributed by atoms with Gasteiger partial charge in [-0.05, 0) is 108 Å². The van der Waals surface area contributed by atoms with E-state index < -0.39 is 0 Å². The zero-order chi connectivity index (χ0) is 39.5. The summed E-state index contributed by atoms with van der Waals surface area (Å²) in [5.41, 5.74) is 14.2. The van der Waals surface area contributed by atoms with E-state index in [2.05, 4.69) is 112 Å². The molecular weight excluding hydrogens is 709 g/mol. The van der Waals surface area contributed by atoms with Gasteiger partial charge in [0.25, 0.3) is 0 Å². The maximum absolute atomic E-state index is 11.5. The molecule has 7 aromatic carbocycles. The van der Waals surface area contributed by atoms with Crippen molar-refractivity contribution < 1.29 is 0 Å². The van der Waals surface area contributed by atoms with Crippen molar-refractivity contribution in [1.29, 1.82) is 15.8 Å². The second-order valence-corrected chi connectivity index (χ2v) is 14.6. The highest BCUT2D eigenvalue weighted by molar-refractivity contribution is 6.12. The first-order valence-electron chi connectivity index (χ1n) is 19.1. The van der Waals surface area contributed by atoms with Crippen LogP contribution in [-0.4, -0.2) is 14.1 Å². The first-order valence-corrected chi connectivity index (χ1v) is 19.1. The first kappa shape index (κ1) is 34.3. The van der Waals surface area contributed by atoms with Gasteiger partial charge in [-0.15, -0.1) is 0 Å². The summed E-state index contributed by atoms with van der Waals surface area (Å²) >= 11 is 0. The molecule has 0 atom stereocenters. The van der Waals surface area contributed by atoms with E-state index in [1.54, 1.807) is 0 Å². The van der Waals surface area contributed by atoms with Crippen molar-refractivity contribution in [3.8, 4) is 63.0 Å². The minimum atomic E-state index is 0.502. The third-order valence-electron chi connectivity index (χ3n) is 11.2. The number of aromatic nitrogens is 3. The van der Waals surface area contributed by atoms with E-state index in [9.17, 15) is 15.8 Å². The van der Waals surface area contributed by atoms with Gasteiger partial charge in [0.1, 0.15) is 11.6 Å². The van der Waals surface area contributed by atoms with Crippen LogP contribution >= 0.6 is 0 Å². The van der Waals surface area contributed by atoms with E-state index in [0.717, 1.165) is 99.8 Å². The number of fused-ring (bicyclic) bond motifs is 6. The first-order chi connectivity index (χ1) is 28.4. The molecule has 0 amide bonds. The highest BCUT2D eigenvalue weighted by Crippen LogP contribution is 2.42. The van der Waals surface area contributed by atoms with Crippen LogP contribution in [0.15, 0.2) is 158 Å². The zero-order valence-electron chi connectivity index (χ0n) is 31.7. The van der Waals surface area contributed by atoms with E-state index >= 15 is 0 Å². The second-order valence-electron chi connectivity index (χ2n) is 14.6. The van der Waals surface area contributed by atoms with Crippen molar-refractivity contribution in [2.75, 3.05) is 0 Å². The third kappa shape index (κ3) is 5.35. The van der Waals surface area contributed by atoms with Crippen LogP contribution in [0.4, 0.5) is 0 Å². The Hall–Kier alpha value is -8.24. The van der Waals surface area contributed by atoms with Gasteiger partial charge in [-0.2, -0.15) is 15.8 Å². The van der Waals surface area contributed by atoms with Gasteiger partial charge in [0, 0.05) is 32.9 Å². The van der Waals surface area contributed by atoms with Gasteiger partial charge in [0.15, 0.2) is 0 Å². The minimum absolute atomic E-state index is 0.502. The fraction of sp³-hybridized carbons (Fsp3) is 0.0385. The van der Waals surface area contributed by atoms with Crippen molar-refractivity contribution in [2.45, 2.75) is 13.8 Å². The molecule has 58 heavy (non-hydrogen) atoms. The topological polar surface area (TPSA) is 94.1 Å². The Balaban J connectivity index is 1.35. The van der Waals surface area contributed by atoms with Crippen molar-refractivity contribution in [1.82, 2.24) is 14.1 Å². The molecule has 0 N–H and O–H groups in total. The Bertz CT molecular complexity index is 3250. The lowest BCUT2D eigenvalue weighted by molar-refractivity contribution is 1.11. The number of nitriles is 3. The van der Waals surface area contributed by atoms with Crippen LogP contribution in [0.2, 0.25) is 0 Å². The van der Waals surface area contributed by atoms with Gasteiger partial charge in [-0.1, -0.05) is 97.1 Å². The average Bonchev–Trinajstić information content (AvgIpc) is 3.77. The summed E-state index contributed by atoms with van der Waals surface area (Å²) in [5, 5.41) is 35.8. The number of pyridine rings is 1. The predicted molar refractivity (Wildman–Crippen MR) is 233 cm³/mol. The van der Waals surface area contributed by atoms with Crippen LogP contribution in [0.1, 0.15) is 28.1 Å². The summed E-state index contributed by atoms with van der Waals surface area (Å²) < 4.78 is 4.41. The van der Waals surface area contributed by atoms with Gasteiger partial charge < -0.3 is 9.13 Å². The molecule has 0 fully saturated rings. The number of para-hydroxylation sites is 2. The maximum Gasteiger partial charge on any atom is 0.104 e. The molecule has 0 saturated heterocycles. The molecular formula is C52H32N6. The summed E-state index contributed by atoms with van der Waals surface area (Å²) in [4.78, 5) is 4.70. The monoisotopic (exact) mass is 740 g/mol. The number of benzene rings is 7. The van der Waals surface area contributed by atoms with E-state index in [4.69, 9.17) is 4.98 Å². The molecule has 0 aliphatic rings. The Morgan fingerprint density at radius 2 is 0.810 bits per heavy atom. The van der Waals surface area contributed by atoms with E-state index in [1.807, 2.05) is 86.6 Å². The van der Waals surface area contributed by atoms with Gasteiger partial charge in [-0.25, -0.2) is 0 Å². The Kier molecular flexibility index (Phi) is 7.98. The average molecular weight is 741 g/mol. The number of hydrogen-bond acceptors (Lipinski definition) is 4. The molecule has 0 aliphatic heterocycles. The maximum atomic E-state index is 11.5. The molecule has 6 nitrogen and oxygen atoms in total. The number of hydrogen-bond donors (Lipinski definition) is 0. The van der Waals surface area contributed by atoms with Gasteiger partial charge >= 0.3 is 0 Å². The summed E-state index contributed by atoms with van der Waals surface area (Å²) in [6.45, 7) is 4.01. The molecule has 0 aliphatic carbocycles. The molecule has 3 aromatic heterocycles. The van der Waals surface area contributed by atoms with Gasteiger partial charge in [0.2, 0.25) is 0 Å². The fourth-order valence-corrected chi connectivity index (χ4v) is 8.71. The quantitative estimate of drug-likeness (QED) is 0.175. The summed E-state index contributed by atoms with van der Waals surface area (Å²) in [7, 11) is 0. The molecule has 10 aromatic rings. The molecule has 0 saturated carbocycles. The second kappa shape index (κ2) is 13.5. The van der Waals surface area contributed by atoms with Crippen molar-refractivity contribution in [3.63, 3.8) is 0 Å². The highest BCUT2D eigenvalue weighted by Gasteiger charge is 2.23. The van der Waals surface area contributed by atoms with Gasteiger partial charge in [0.05, 0.1) is 56.7 Å². The minimum Gasteiger partial charge on any atom is -0.308 e. The van der Waals surface area contributed by atoms with E-state index in [1.165, 1.54) is 0 Å². The highest BCUT2D eigenvalue weighted by atomic mass is 15.0. The molecule has 270 valence electrons. The number of rotatable bonds is 5. The Morgan fingerprint density at radius 3 is 1.28 bits per heavy atom. The third-order valence-corrected chi connectivity index (χ3v) is 11.2. The van der Waals surface area contributed by atoms with Crippen LogP contribution < -0.4 is 0 Å². The van der Waals surface area contributed by atoms with E-state index in [-0.39, 0.29) is 0 Å². The molecule has 6 heteroatoms. The molecule has 0 bridgehead atoms. The number of nitrogens with zero attached hydrogens (tertiary/aromatic N) is 6. The van der Waals surface area contributed by atoms with Crippen LogP contribution in [0.25, 0.3) is 88.4 Å². The summed E-state index contributed by atoms with van der Waals surface area (Å²) in [5.74, 6) is 0. The lowest BCUT2D eigenvalue weighted by atomic mass is 9.98. The Labute approximate surface area is 335 Å². The lowest BCUT2D eigenvalue weighted by Gasteiger charge is -2.19. The van der Waals surface area contributed by atoms with Crippen LogP contribution in [0.3, 0.4) is 0 Å². The Morgan fingerprint density at radius 1 is 0.397 bits per heavy atom. The predicted octanol–water partition coefficient (Wildman–Crippen LogP) is 12.5.